The Hall–Kier alpha value is -1.86. The van der Waals surface area contributed by atoms with Gasteiger partial charge in [-0.2, -0.15) is 5.10 Å². The first-order chi connectivity index (χ1) is 11.1. The first-order valence-corrected chi connectivity index (χ1v) is 8.88. The summed E-state index contributed by atoms with van der Waals surface area (Å²) in [7, 11) is 0. The van der Waals surface area contributed by atoms with Crippen molar-refractivity contribution < 1.29 is 14.6 Å². The number of thiocarbonyl (C=S) groups is 1. The number of Topliss-reactive ketones (excluding diaryl/α,β-unsaturated/α-hetero) is 1. The fourth-order valence-corrected chi connectivity index (χ4v) is 3.82. The predicted octanol–water partition coefficient (Wildman–Crippen LogP) is 3.06. The Morgan fingerprint density at radius 2 is 2.26 bits per heavy atom. The van der Waals surface area contributed by atoms with Gasteiger partial charge in [0.25, 0.3) is 0 Å². The molecule has 0 amide bonds. The number of benzene rings is 1. The molecule has 5 nitrogen and oxygen atoms in total. The first-order valence-electron chi connectivity index (χ1n) is 7.25. The Kier molecular flexibility index (Phi) is 4.41. The van der Waals surface area contributed by atoms with Gasteiger partial charge in [-0.05, 0) is 25.3 Å². The van der Waals surface area contributed by atoms with Crippen LogP contribution < -0.4 is 4.74 Å². The summed E-state index contributed by atoms with van der Waals surface area (Å²) < 4.78 is 7.06. The van der Waals surface area contributed by atoms with E-state index in [0.29, 0.717) is 41.3 Å². The van der Waals surface area contributed by atoms with E-state index in [1.807, 2.05) is 19.2 Å². The van der Waals surface area contributed by atoms with E-state index in [-0.39, 0.29) is 11.7 Å². The lowest BCUT2D eigenvalue weighted by molar-refractivity contribution is 0.0929. The Balaban J connectivity index is 2.12. The summed E-state index contributed by atoms with van der Waals surface area (Å²) in [6, 6.07) is 3.61. The molecule has 2 aromatic rings. The first kappa shape index (κ1) is 16.0. The normalized spacial score (nSPS) is 13.6. The van der Waals surface area contributed by atoms with Gasteiger partial charge in [-0.3, -0.25) is 4.79 Å². The molecular formula is C16H16N2O3S2. The molecule has 0 unspecified atom stereocenters. The van der Waals surface area contributed by atoms with Gasteiger partial charge in [-0.15, -0.1) is 11.8 Å². The van der Waals surface area contributed by atoms with Crippen molar-refractivity contribution in [2.24, 2.45) is 0 Å². The summed E-state index contributed by atoms with van der Waals surface area (Å²) in [5.41, 5.74) is 1.84. The van der Waals surface area contributed by atoms with Crippen LogP contribution in [-0.2, 0) is 6.54 Å². The Morgan fingerprint density at radius 1 is 1.48 bits per heavy atom. The molecule has 23 heavy (non-hydrogen) atoms. The van der Waals surface area contributed by atoms with Gasteiger partial charge in [-0.1, -0.05) is 12.2 Å². The predicted molar refractivity (Wildman–Crippen MR) is 93.0 cm³/mol. The van der Waals surface area contributed by atoms with Crippen molar-refractivity contribution in [2.75, 3.05) is 12.9 Å². The number of hydrogen-bond donors (Lipinski definition) is 1. The fourth-order valence-electron chi connectivity index (χ4n) is 2.63. The highest BCUT2D eigenvalue weighted by Crippen LogP contribution is 2.37. The minimum atomic E-state index is 0.0462. The molecule has 3 rings (SSSR count). The van der Waals surface area contributed by atoms with Crippen molar-refractivity contribution >= 4 is 34.6 Å². The van der Waals surface area contributed by atoms with E-state index in [0.717, 1.165) is 10.5 Å². The van der Waals surface area contributed by atoms with E-state index in [4.69, 9.17) is 17.0 Å². The third-order valence-corrected chi connectivity index (χ3v) is 5.06. The summed E-state index contributed by atoms with van der Waals surface area (Å²) in [4.78, 5) is 13.6. The highest BCUT2D eigenvalue weighted by atomic mass is 32.2. The third kappa shape index (κ3) is 2.64. The number of carbonyl (C=O) groups is 1. The second-order valence-corrected chi connectivity index (χ2v) is 6.29. The second-order valence-electron chi connectivity index (χ2n) is 5.07. The van der Waals surface area contributed by atoms with Gasteiger partial charge in [0, 0.05) is 23.4 Å². The molecule has 0 spiro atoms. The summed E-state index contributed by atoms with van der Waals surface area (Å²) in [5.74, 6) is 0.712. The topological polar surface area (TPSA) is 64.4 Å². The largest absolute Gasteiger partial charge is 0.493 e. The van der Waals surface area contributed by atoms with E-state index in [2.05, 4.69) is 5.10 Å². The molecule has 1 N–H and O–H groups in total. The summed E-state index contributed by atoms with van der Waals surface area (Å²) in [6.45, 7) is 2.86. The van der Waals surface area contributed by atoms with Gasteiger partial charge in [0.1, 0.15) is 5.75 Å². The molecule has 0 radical (unpaired) electrons. The molecule has 2 heterocycles. The molecule has 0 aliphatic carbocycles. The smallest absolute Gasteiger partial charge is 0.218 e. The molecule has 1 aliphatic rings. The fraction of sp³-hybridized carbons (Fsp3) is 0.312. The molecule has 0 saturated heterocycles. The minimum absolute atomic E-state index is 0.0462. The number of aromatic hydroxyl groups is 1. The van der Waals surface area contributed by atoms with Crippen molar-refractivity contribution in [3.63, 3.8) is 0 Å². The van der Waals surface area contributed by atoms with Crippen molar-refractivity contribution in [1.82, 2.24) is 9.78 Å². The highest BCUT2D eigenvalue weighted by Gasteiger charge is 2.26. The zero-order chi connectivity index (χ0) is 16.6. The standard InChI is InChI=1S/C16H16N2O3S2/c1-3-18-16(20)10(8-17-18)14(22)9-4-5-12-13(15(9)23-2)11(19)6-7-21-12/h4-5,8,20H,3,6-7H2,1-2H3. The van der Waals surface area contributed by atoms with Gasteiger partial charge in [0.15, 0.2) is 5.78 Å². The maximum atomic E-state index is 12.3. The van der Waals surface area contributed by atoms with Crippen LogP contribution in [0.2, 0.25) is 0 Å². The molecule has 1 aliphatic heterocycles. The number of thioether (sulfide) groups is 1. The van der Waals surface area contributed by atoms with Crippen LogP contribution in [0.25, 0.3) is 0 Å². The maximum absolute atomic E-state index is 12.3. The Bertz CT molecular complexity index is 799. The number of aryl methyl sites for hydroxylation is 1. The molecule has 0 bridgehead atoms. The van der Waals surface area contributed by atoms with E-state index in [1.54, 1.807) is 12.3 Å². The van der Waals surface area contributed by atoms with Crippen molar-refractivity contribution in [1.29, 1.82) is 0 Å². The zero-order valence-corrected chi connectivity index (χ0v) is 14.5. The van der Waals surface area contributed by atoms with E-state index < -0.39 is 0 Å². The number of rotatable bonds is 4. The lowest BCUT2D eigenvalue weighted by Gasteiger charge is -2.21. The number of nitrogens with zero attached hydrogens (tertiary/aromatic N) is 2. The van der Waals surface area contributed by atoms with Crippen LogP contribution in [-0.4, -0.2) is 38.4 Å². The number of hydrogen-bond acceptors (Lipinski definition) is 6. The van der Waals surface area contributed by atoms with E-state index >= 15 is 0 Å². The number of ether oxygens (including phenoxy) is 1. The lowest BCUT2D eigenvalue weighted by Crippen LogP contribution is -2.18. The van der Waals surface area contributed by atoms with Crippen molar-refractivity contribution in [3.8, 4) is 11.6 Å². The summed E-state index contributed by atoms with van der Waals surface area (Å²) in [5, 5.41) is 14.3. The monoisotopic (exact) mass is 348 g/mol. The third-order valence-electron chi connectivity index (χ3n) is 3.79. The van der Waals surface area contributed by atoms with Gasteiger partial charge in [0.05, 0.1) is 28.8 Å². The molecular weight excluding hydrogens is 332 g/mol. The van der Waals surface area contributed by atoms with Crippen molar-refractivity contribution in [3.05, 3.63) is 35.0 Å². The average molecular weight is 348 g/mol. The summed E-state index contributed by atoms with van der Waals surface area (Å²) in [6.07, 6.45) is 3.83. The van der Waals surface area contributed by atoms with Crippen LogP contribution in [0.15, 0.2) is 23.2 Å². The van der Waals surface area contributed by atoms with Gasteiger partial charge in [-0.25, -0.2) is 4.68 Å². The van der Waals surface area contributed by atoms with Crippen LogP contribution in [0.3, 0.4) is 0 Å². The van der Waals surface area contributed by atoms with Gasteiger partial charge in [0.2, 0.25) is 5.88 Å². The van der Waals surface area contributed by atoms with E-state index in [9.17, 15) is 9.90 Å². The number of ketones is 1. The average Bonchev–Trinajstić information content (AvgIpc) is 2.94. The molecule has 1 aromatic heterocycles. The van der Waals surface area contributed by atoms with E-state index in [1.165, 1.54) is 16.4 Å². The maximum Gasteiger partial charge on any atom is 0.218 e. The number of fused-ring (bicyclic) bond motifs is 1. The quantitative estimate of drug-likeness (QED) is 0.520. The molecule has 0 fully saturated rings. The molecule has 0 atom stereocenters. The Morgan fingerprint density at radius 3 is 2.91 bits per heavy atom. The zero-order valence-electron chi connectivity index (χ0n) is 12.8. The number of carbonyl (C=O) groups excluding carboxylic acids is 1. The molecule has 1 aromatic carbocycles. The van der Waals surface area contributed by atoms with Crippen LogP contribution >= 0.6 is 24.0 Å². The van der Waals surface area contributed by atoms with Gasteiger partial charge < -0.3 is 9.84 Å². The minimum Gasteiger partial charge on any atom is -0.493 e. The second kappa shape index (κ2) is 6.33. The van der Waals surface area contributed by atoms with Crippen LogP contribution in [0.1, 0.15) is 34.8 Å². The van der Waals surface area contributed by atoms with Gasteiger partial charge >= 0.3 is 0 Å². The Labute approximate surface area is 143 Å². The molecule has 7 heteroatoms. The highest BCUT2D eigenvalue weighted by molar-refractivity contribution is 7.98. The SMILES string of the molecule is CCn1ncc(C(=S)c2ccc3c(c2SC)C(=O)CCO3)c1O. The lowest BCUT2D eigenvalue weighted by atomic mass is 9.98. The van der Waals surface area contributed by atoms with Crippen molar-refractivity contribution in [2.45, 2.75) is 24.8 Å². The molecule has 120 valence electrons. The van der Waals surface area contributed by atoms with Crippen LogP contribution in [0, 0.1) is 0 Å². The van der Waals surface area contributed by atoms with Crippen LogP contribution in [0.5, 0.6) is 11.6 Å². The summed E-state index contributed by atoms with van der Waals surface area (Å²) >= 11 is 7.01. The number of aromatic nitrogens is 2. The van der Waals surface area contributed by atoms with Crippen LogP contribution in [0.4, 0.5) is 0 Å². The molecule has 0 saturated carbocycles.